The standard InChI is InChI=1S/C15H19ClINO/c1-11-5-4-7-13(14(11)17)15(19)18-10-3-2-6-12(18)8-9-16/h4-5,7,12H,2-3,6,8-10H2,1H3. The zero-order chi connectivity index (χ0) is 13.8. The normalized spacial score (nSPS) is 19.5. The van der Waals surface area contributed by atoms with E-state index in [2.05, 4.69) is 22.6 Å². The van der Waals surface area contributed by atoms with E-state index in [1.54, 1.807) is 0 Å². The summed E-state index contributed by atoms with van der Waals surface area (Å²) in [5, 5.41) is 0. The fraction of sp³-hybridized carbons (Fsp3) is 0.533. The number of piperidine rings is 1. The smallest absolute Gasteiger partial charge is 0.255 e. The number of rotatable bonds is 3. The predicted octanol–water partition coefficient (Wildman–Crippen LogP) is 4.22. The first-order valence-electron chi connectivity index (χ1n) is 6.77. The first kappa shape index (κ1) is 15.1. The molecule has 1 aromatic rings. The van der Waals surface area contributed by atoms with E-state index in [0.29, 0.717) is 11.9 Å². The van der Waals surface area contributed by atoms with E-state index in [1.807, 2.05) is 30.0 Å². The lowest BCUT2D eigenvalue weighted by atomic mass is 9.98. The molecule has 0 radical (unpaired) electrons. The Morgan fingerprint density at radius 1 is 1.47 bits per heavy atom. The van der Waals surface area contributed by atoms with Gasteiger partial charge in [0.2, 0.25) is 0 Å². The van der Waals surface area contributed by atoms with Gasteiger partial charge in [0.05, 0.1) is 5.56 Å². The summed E-state index contributed by atoms with van der Waals surface area (Å²) in [5.74, 6) is 0.794. The second-order valence-electron chi connectivity index (χ2n) is 5.06. The molecule has 104 valence electrons. The Labute approximate surface area is 133 Å². The quantitative estimate of drug-likeness (QED) is 0.558. The van der Waals surface area contributed by atoms with Crippen molar-refractivity contribution in [3.8, 4) is 0 Å². The van der Waals surface area contributed by atoms with Gasteiger partial charge in [-0.05, 0) is 66.8 Å². The van der Waals surface area contributed by atoms with E-state index in [4.69, 9.17) is 11.6 Å². The molecular formula is C15H19ClINO. The average Bonchev–Trinajstić information content (AvgIpc) is 2.42. The van der Waals surface area contributed by atoms with Gasteiger partial charge in [-0.2, -0.15) is 0 Å². The number of hydrogen-bond donors (Lipinski definition) is 0. The highest BCUT2D eigenvalue weighted by Gasteiger charge is 2.28. The van der Waals surface area contributed by atoms with Crippen LogP contribution in [0.15, 0.2) is 18.2 Å². The van der Waals surface area contributed by atoms with E-state index in [9.17, 15) is 4.79 Å². The van der Waals surface area contributed by atoms with E-state index in [-0.39, 0.29) is 5.91 Å². The molecular weight excluding hydrogens is 373 g/mol. The van der Waals surface area contributed by atoms with Gasteiger partial charge in [-0.3, -0.25) is 4.79 Å². The van der Waals surface area contributed by atoms with Crippen LogP contribution >= 0.6 is 34.2 Å². The van der Waals surface area contributed by atoms with E-state index >= 15 is 0 Å². The van der Waals surface area contributed by atoms with Crippen LogP contribution in [0.4, 0.5) is 0 Å². The molecule has 1 heterocycles. The maximum absolute atomic E-state index is 12.7. The van der Waals surface area contributed by atoms with Gasteiger partial charge in [0.15, 0.2) is 0 Å². The molecule has 1 aromatic carbocycles. The van der Waals surface area contributed by atoms with E-state index in [0.717, 1.165) is 40.5 Å². The Morgan fingerprint density at radius 2 is 2.26 bits per heavy atom. The average molecular weight is 392 g/mol. The SMILES string of the molecule is Cc1cccc(C(=O)N2CCCCC2CCCl)c1I. The molecule has 2 nitrogen and oxygen atoms in total. The molecule has 0 bridgehead atoms. The summed E-state index contributed by atoms with van der Waals surface area (Å²) in [6.07, 6.45) is 4.29. The van der Waals surface area contributed by atoms with Crippen molar-refractivity contribution in [1.82, 2.24) is 4.90 Å². The van der Waals surface area contributed by atoms with Crippen molar-refractivity contribution < 1.29 is 4.79 Å². The van der Waals surface area contributed by atoms with Crippen LogP contribution in [0.5, 0.6) is 0 Å². The van der Waals surface area contributed by atoms with E-state index < -0.39 is 0 Å². The second-order valence-corrected chi connectivity index (χ2v) is 6.52. The third kappa shape index (κ3) is 3.43. The number of aryl methyl sites for hydroxylation is 1. The fourth-order valence-corrected chi connectivity index (χ4v) is 3.50. The van der Waals surface area contributed by atoms with Crippen LogP contribution in [0.3, 0.4) is 0 Å². The van der Waals surface area contributed by atoms with Gasteiger partial charge >= 0.3 is 0 Å². The van der Waals surface area contributed by atoms with Crippen LogP contribution in [0.2, 0.25) is 0 Å². The number of amides is 1. The van der Waals surface area contributed by atoms with Crippen molar-refractivity contribution >= 4 is 40.1 Å². The molecule has 1 unspecified atom stereocenters. The topological polar surface area (TPSA) is 20.3 Å². The van der Waals surface area contributed by atoms with Crippen molar-refractivity contribution in [2.24, 2.45) is 0 Å². The summed E-state index contributed by atoms with van der Waals surface area (Å²) in [7, 11) is 0. The monoisotopic (exact) mass is 391 g/mol. The zero-order valence-corrected chi connectivity index (χ0v) is 14.1. The number of carbonyl (C=O) groups is 1. The molecule has 0 spiro atoms. The fourth-order valence-electron chi connectivity index (χ4n) is 2.66. The number of alkyl halides is 1. The van der Waals surface area contributed by atoms with Crippen LogP contribution in [0.25, 0.3) is 0 Å². The lowest BCUT2D eigenvalue weighted by Gasteiger charge is -2.36. The number of hydrogen-bond acceptors (Lipinski definition) is 1. The maximum Gasteiger partial charge on any atom is 0.255 e. The lowest BCUT2D eigenvalue weighted by molar-refractivity contribution is 0.0608. The molecule has 0 saturated carbocycles. The minimum atomic E-state index is 0.169. The molecule has 4 heteroatoms. The highest BCUT2D eigenvalue weighted by molar-refractivity contribution is 14.1. The van der Waals surface area contributed by atoms with Gasteiger partial charge in [-0.1, -0.05) is 12.1 Å². The minimum Gasteiger partial charge on any atom is -0.336 e. The number of halogens is 2. The molecule has 0 N–H and O–H groups in total. The predicted molar refractivity (Wildman–Crippen MR) is 87.9 cm³/mol. The van der Waals surface area contributed by atoms with Crippen molar-refractivity contribution in [3.63, 3.8) is 0 Å². The van der Waals surface area contributed by atoms with Gasteiger partial charge in [-0.25, -0.2) is 0 Å². The van der Waals surface area contributed by atoms with Gasteiger partial charge in [0.25, 0.3) is 5.91 Å². The highest BCUT2D eigenvalue weighted by Crippen LogP contribution is 2.25. The molecule has 1 fully saturated rings. The first-order chi connectivity index (χ1) is 9.15. The van der Waals surface area contributed by atoms with Gasteiger partial charge < -0.3 is 4.90 Å². The molecule has 1 saturated heterocycles. The maximum atomic E-state index is 12.7. The van der Waals surface area contributed by atoms with Crippen LogP contribution in [0, 0.1) is 10.5 Å². The Balaban J connectivity index is 2.23. The Hall–Kier alpha value is -0.290. The van der Waals surface area contributed by atoms with Crippen molar-refractivity contribution in [3.05, 3.63) is 32.9 Å². The number of carbonyl (C=O) groups excluding carboxylic acids is 1. The van der Waals surface area contributed by atoms with Crippen molar-refractivity contribution in [2.45, 2.75) is 38.6 Å². The largest absolute Gasteiger partial charge is 0.336 e. The minimum absolute atomic E-state index is 0.169. The van der Waals surface area contributed by atoms with E-state index in [1.165, 1.54) is 6.42 Å². The third-order valence-corrected chi connectivity index (χ3v) is 5.40. The lowest BCUT2D eigenvalue weighted by Crippen LogP contribution is -2.44. The molecule has 1 aliphatic rings. The Bertz CT molecular complexity index is 461. The summed E-state index contributed by atoms with van der Waals surface area (Å²) >= 11 is 8.14. The third-order valence-electron chi connectivity index (χ3n) is 3.75. The summed E-state index contributed by atoms with van der Waals surface area (Å²) in [6, 6.07) is 6.26. The van der Waals surface area contributed by atoms with Crippen LogP contribution in [-0.2, 0) is 0 Å². The van der Waals surface area contributed by atoms with Crippen molar-refractivity contribution in [1.29, 1.82) is 0 Å². The summed E-state index contributed by atoms with van der Waals surface area (Å²) < 4.78 is 1.07. The van der Waals surface area contributed by atoms with Gasteiger partial charge in [0, 0.05) is 22.0 Å². The molecule has 1 atom stereocenters. The number of nitrogens with zero attached hydrogens (tertiary/aromatic N) is 1. The van der Waals surface area contributed by atoms with Gasteiger partial charge in [0.1, 0.15) is 0 Å². The molecule has 0 aliphatic carbocycles. The highest BCUT2D eigenvalue weighted by atomic mass is 127. The summed E-state index contributed by atoms with van der Waals surface area (Å²) in [4.78, 5) is 14.8. The summed E-state index contributed by atoms with van der Waals surface area (Å²) in [6.45, 7) is 2.91. The molecule has 2 rings (SSSR count). The molecule has 1 aliphatic heterocycles. The Kier molecular flexibility index (Phi) is 5.51. The molecule has 19 heavy (non-hydrogen) atoms. The van der Waals surface area contributed by atoms with Crippen molar-refractivity contribution in [2.75, 3.05) is 12.4 Å². The first-order valence-corrected chi connectivity index (χ1v) is 8.38. The second kappa shape index (κ2) is 6.93. The van der Waals surface area contributed by atoms with Crippen LogP contribution < -0.4 is 0 Å². The van der Waals surface area contributed by atoms with Crippen LogP contribution in [0.1, 0.15) is 41.6 Å². The van der Waals surface area contributed by atoms with Crippen LogP contribution in [-0.4, -0.2) is 29.3 Å². The zero-order valence-electron chi connectivity index (χ0n) is 11.2. The molecule has 1 amide bonds. The molecule has 0 aromatic heterocycles. The number of benzene rings is 1. The summed E-state index contributed by atoms with van der Waals surface area (Å²) in [5.41, 5.74) is 2.00. The van der Waals surface area contributed by atoms with Gasteiger partial charge in [-0.15, -0.1) is 11.6 Å². The Morgan fingerprint density at radius 3 is 3.00 bits per heavy atom. The number of likely N-dealkylation sites (tertiary alicyclic amines) is 1.